The van der Waals surface area contributed by atoms with Gasteiger partial charge in [0, 0.05) is 18.1 Å². The van der Waals surface area contributed by atoms with Crippen LogP contribution in [0.1, 0.15) is 0 Å². The molecule has 92 valence electrons. The first-order valence-electron chi connectivity index (χ1n) is 5.65. The summed E-state index contributed by atoms with van der Waals surface area (Å²) in [5.41, 5.74) is 0.761. The number of nitrogens with one attached hydrogen (secondary N) is 1. The molecule has 4 nitrogen and oxygen atoms in total. The summed E-state index contributed by atoms with van der Waals surface area (Å²) in [6.45, 7) is 3.94. The van der Waals surface area contributed by atoms with Crippen molar-refractivity contribution in [3.63, 3.8) is 0 Å². The molecule has 0 aliphatic rings. The lowest BCUT2D eigenvalue weighted by Gasteiger charge is -2.08. The van der Waals surface area contributed by atoms with Crippen molar-refractivity contribution < 1.29 is 9.53 Å². The van der Waals surface area contributed by atoms with Gasteiger partial charge in [-0.05, 0) is 12.1 Å². The van der Waals surface area contributed by atoms with E-state index in [-0.39, 0.29) is 12.5 Å². The number of aromatic nitrogens is 1. The molecule has 0 aliphatic heterocycles. The Morgan fingerprint density at radius 3 is 3.06 bits per heavy atom. The molecule has 4 heteroatoms. The van der Waals surface area contributed by atoms with Gasteiger partial charge in [0.25, 0.3) is 5.91 Å². The number of hydrogen-bond donors (Lipinski definition) is 1. The third-order valence-electron chi connectivity index (χ3n) is 2.40. The molecule has 1 heterocycles. The second kappa shape index (κ2) is 5.82. The number of carbonyl (C=O) groups is 1. The van der Waals surface area contributed by atoms with Crippen LogP contribution in [0.2, 0.25) is 0 Å². The third kappa shape index (κ3) is 2.85. The van der Waals surface area contributed by atoms with E-state index >= 15 is 0 Å². The first-order valence-corrected chi connectivity index (χ1v) is 5.65. The number of nitrogens with zero attached hydrogens (tertiary/aromatic N) is 1. The molecule has 1 N–H and O–H groups in total. The van der Waals surface area contributed by atoms with Gasteiger partial charge in [-0.1, -0.05) is 24.3 Å². The van der Waals surface area contributed by atoms with E-state index < -0.39 is 0 Å². The maximum atomic E-state index is 11.4. The Morgan fingerprint density at radius 2 is 2.22 bits per heavy atom. The second-order valence-corrected chi connectivity index (χ2v) is 3.71. The molecule has 18 heavy (non-hydrogen) atoms. The quantitative estimate of drug-likeness (QED) is 0.815. The van der Waals surface area contributed by atoms with E-state index in [9.17, 15) is 4.79 Å². The Bertz CT molecular complexity index is 561. The van der Waals surface area contributed by atoms with Crippen molar-refractivity contribution in [3.8, 4) is 5.75 Å². The van der Waals surface area contributed by atoms with Crippen molar-refractivity contribution in [1.29, 1.82) is 0 Å². The van der Waals surface area contributed by atoms with Crippen LogP contribution in [0.5, 0.6) is 5.75 Å². The van der Waals surface area contributed by atoms with E-state index in [4.69, 9.17) is 4.74 Å². The Morgan fingerprint density at radius 1 is 1.39 bits per heavy atom. The summed E-state index contributed by atoms with van der Waals surface area (Å²) in [5, 5.41) is 3.64. The molecule has 0 spiro atoms. The van der Waals surface area contributed by atoms with Gasteiger partial charge in [-0.3, -0.25) is 9.78 Å². The van der Waals surface area contributed by atoms with Crippen LogP contribution in [0.25, 0.3) is 10.9 Å². The number of benzene rings is 1. The molecular formula is C14H14N2O2. The predicted octanol–water partition coefficient (Wildman–Crippen LogP) is 1.92. The molecule has 0 radical (unpaired) electrons. The van der Waals surface area contributed by atoms with Crippen LogP contribution in [0.4, 0.5) is 0 Å². The van der Waals surface area contributed by atoms with Crippen molar-refractivity contribution in [2.45, 2.75) is 0 Å². The first-order chi connectivity index (χ1) is 8.81. The van der Waals surface area contributed by atoms with Crippen LogP contribution >= 0.6 is 0 Å². The molecule has 0 bridgehead atoms. The highest BCUT2D eigenvalue weighted by molar-refractivity contribution is 5.85. The number of ether oxygens (including phenoxy) is 1. The van der Waals surface area contributed by atoms with E-state index in [1.165, 1.54) is 0 Å². The topological polar surface area (TPSA) is 51.2 Å². The lowest BCUT2D eigenvalue weighted by Crippen LogP contribution is -2.28. The number of hydrogen-bond acceptors (Lipinski definition) is 3. The fourth-order valence-corrected chi connectivity index (χ4v) is 1.57. The van der Waals surface area contributed by atoms with Crippen molar-refractivity contribution >= 4 is 16.8 Å². The fraction of sp³-hybridized carbons (Fsp3) is 0.143. The van der Waals surface area contributed by atoms with E-state index in [2.05, 4.69) is 16.9 Å². The molecule has 0 fully saturated rings. The number of pyridine rings is 1. The molecule has 0 saturated carbocycles. The van der Waals surface area contributed by atoms with Crippen molar-refractivity contribution in [3.05, 3.63) is 49.2 Å². The zero-order chi connectivity index (χ0) is 12.8. The van der Waals surface area contributed by atoms with Crippen LogP contribution < -0.4 is 10.1 Å². The normalized spacial score (nSPS) is 10.0. The minimum atomic E-state index is -0.178. The van der Waals surface area contributed by atoms with E-state index in [0.29, 0.717) is 12.3 Å². The summed E-state index contributed by atoms with van der Waals surface area (Å²) in [7, 11) is 0. The van der Waals surface area contributed by atoms with E-state index in [1.807, 2.05) is 24.3 Å². The summed E-state index contributed by atoms with van der Waals surface area (Å²) >= 11 is 0. The predicted molar refractivity (Wildman–Crippen MR) is 70.4 cm³/mol. The first kappa shape index (κ1) is 12.1. The average Bonchev–Trinajstić information content (AvgIpc) is 2.42. The molecule has 0 atom stereocenters. The van der Waals surface area contributed by atoms with E-state index in [0.717, 1.165) is 10.9 Å². The summed E-state index contributed by atoms with van der Waals surface area (Å²) in [6, 6.07) is 9.44. The van der Waals surface area contributed by atoms with Gasteiger partial charge < -0.3 is 10.1 Å². The minimum absolute atomic E-state index is 0.0243. The molecular weight excluding hydrogens is 228 g/mol. The van der Waals surface area contributed by atoms with Crippen LogP contribution in [0, 0.1) is 0 Å². The largest absolute Gasteiger partial charge is 0.481 e. The highest BCUT2D eigenvalue weighted by Crippen LogP contribution is 2.22. The van der Waals surface area contributed by atoms with Crippen LogP contribution in [0.3, 0.4) is 0 Å². The second-order valence-electron chi connectivity index (χ2n) is 3.71. The number of carbonyl (C=O) groups excluding carboxylic acids is 1. The summed E-state index contributed by atoms with van der Waals surface area (Å²) in [5.74, 6) is 0.435. The van der Waals surface area contributed by atoms with Crippen LogP contribution in [-0.2, 0) is 4.79 Å². The zero-order valence-electron chi connectivity index (χ0n) is 9.93. The van der Waals surface area contributed by atoms with Gasteiger partial charge in [0.15, 0.2) is 6.61 Å². The summed E-state index contributed by atoms with van der Waals surface area (Å²) in [4.78, 5) is 15.7. The lowest BCUT2D eigenvalue weighted by atomic mass is 10.2. The van der Waals surface area contributed by atoms with Gasteiger partial charge in [0.2, 0.25) is 0 Å². The van der Waals surface area contributed by atoms with Gasteiger partial charge in [-0.15, -0.1) is 6.58 Å². The third-order valence-corrected chi connectivity index (χ3v) is 2.40. The smallest absolute Gasteiger partial charge is 0.258 e. The summed E-state index contributed by atoms with van der Waals surface area (Å²) < 4.78 is 5.47. The Labute approximate surface area is 105 Å². The maximum absolute atomic E-state index is 11.4. The molecule has 0 aliphatic carbocycles. The van der Waals surface area contributed by atoms with Gasteiger partial charge in [0.05, 0.1) is 0 Å². The van der Waals surface area contributed by atoms with Crippen LogP contribution in [-0.4, -0.2) is 24.0 Å². The Kier molecular flexibility index (Phi) is 3.91. The molecule has 0 saturated heterocycles. The monoisotopic (exact) mass is 242 g/mol. The van der Waals surface area contributed by atoms with Crippen molar-refractivity contribution in [2.24, 2.45) is 0 Å². The number of fused-ring (bicyclic) bond motifs is 1. The highest BCUT2D eigenvalue weighted by Gasteiger charge is 2.05. The molecule has 1 aromatic heterocycles. The molecule has 1 amide bonds. The number of para-hydroxylation sites is 1. The Balaban J connectivity index is 2.08. The van der Waals surface area contributed by atoms with Crippen molar-refractivity contribution in [2.75, 3.05) is 13.2 Å². The van der Waals surface area contributed by atoms with Gasteiger partial charge in [-0.2, -0.15) is 0 Å². The van der Waals surface area contributed by atoms with Crippen molar-refractivity contribution in [1.82, 2.24) is 10.3 Å². The SMILES string of the molecule is C=CCNC(=O)COc1cccc2cccnc12. The summed E-state index contributed by atoms with van der Waals surface area (Å²) in [6.07, 6.45) is 3.32. The molecule has 2 aromatic rings. The zero-order valence-corrected chi connectivity index (χ0v) is 9.93. The number of amides is 1. The Hall–Kier alpha value is -2.36. The van der Waals surface area contributed by atoms with E-state index in [1.54, 1.807) is 18.3 Å². The average molecular weight is 242 g/mol. The molecule has 0 unspecified atom stereocenters. The fourth-order valence-electron chi connectivity index (χ4n) is 1.57. The van der Waals surface area contributed by atoms with Gasteiger partial charge in [0.1, 0.15) is 11.3 Å². The van der Waals surface area contributed by atoms with Crippen LogP contribution in [0.15, 0.2) is 49.2 Å². The lowest BCUT2D eigenvalue weighted by molar-refractivity contribution is -0.122. The number of rotatable bonds is 5. The molecule has 2 rings (SSSR count). The molecule has 1 aromatic carbocycles. The highest BCUT2D eigenvalue weighted by atomic mass is 16.5. The van der Waals surface area contributed by atoms with Gasteiger partial charge >= 0.3 is 0 Å². The van der Waals surface area contributed by atoms with Gasteiger partial charge in [-0.25, -0.2) is 0 Å². The maximum Gasteiger partial charge on any atom is 0.258 e. The standard InChI is InChI=1S/C14H14N2O2/c1-2-8-15-13(17)10-18-12-7-3-5-11-6-4-9-16-14(11)12/h2-7,9H,1,8,10H2,(H,15,17). The minimum Gasteiger partial charge on any atom is -0.481 e.